The molecule has 0 aromatic heterocycles. The van der Waals surface area contributed by atoms with Crippen molar-refractivity contribution in [2.75, 3.05) is 18.0 Å². The van der Waals surface area contributed by atoms with E-state index in [1.54, 1.807) is 29.2 Å². The van der Waals surface area contributed by atoms with Crippen LogP contribution in [0.1, 0.15) is 18.9 Å². The molecule has 0 aliphatic carbocycles. The third-order valence-electron chi connectivity index (χ3n) is 4.83. The highest BCUT2D eigenvalue weighted by Crippen LogP contribution is 2.29. The molecule has 6 heteroatoms. The first-order valence-corrected chi connectivity index (χ1v) is 9.80. The summed E-state index contributed by atoms with van der Waals surface area (Å²) in [6.07, 6.45) is 1.77. The first-order chi connectivity index (χ1) is 13.4. The van der Waals surface area contributed by atoms with Crippen LogP contribution in [-0.4, -0.2) is 24.1 Å². The number of nitrogens with one attached hydrogen (secondary N) is 1. The number of halogens is 2. The average molecular weight is 417 g/mol. The molecule has 1 aliphatic rings. The van der Waals surface area contributed by atoms with E-state index in [1.165, 1.54) is 0 Å². The molecular formula is C22H22Cl2N2O2. The van der Waals surface area contributed by atoms with Crippen molar-refractivity contribution in [1.29, 1.82) is 0 Å². The maximum Gasteiger partial charge on any atom is 0.254 e. The molecule has 0 bridgehead atoms. The van der Waals surface area contributed by atoms with E-state index < -0.39 is 0 Å². The molecule has 3 rings (SSSR count). The highest BCUT2D eigenvalue weighted by atomic mass is 35.5. The minimum atomic E-state index is -0.0422. The van der Waals surface area contributed by atoms with E-state index in [9.17, 15) is 9.90 Å². The zero-order valence-corrected chi connectivity index (χ0v) is 17.1. The molecule has 2 aromatic rings. The van der Waals surface area contributed by atoms with Crippen molar-refractivity contribution in [2.45, 2.75) is 19.8 Å². The second kappa shape index (κ2) is 8.72. The first-order valence-electron chi connectivity index (χ1n) is 9.04. The van der Waals surface area contributed by atoms with E-state index in [-0.39, 0.29) is 11.7 Å². The molecule has 0 saturated carbocycles. The summed E-state index contributed by atoms with van der Waals surface area (Å²) in [5.74, 6) is 0.132. The maximum atomic E-state index is 12.6. The maximum absolute atomic E-state index is 12.6. The van der Waals surface area contributed by atoms with Gasteiger partial charge in [-0.1, -0.05) is 35.8 Å². The number of hydrogen-bond donors (Lipinski definition) is 2. The van der Waals surface area contributed by atoms with Crippen molar-refractivity contribution >= 4 is 34.8 Å². The molecule has 0 spiro atoms. The lowest BCUT2D eigenvalue weighted by molar-refractivity contribution is -0.114. The average Bonchev–Trinajstić information content (AvgIpc) is 2.97. The van der Waals surface area contributed by atoms with Crippen molar-refractivity contribution in [1.82, 2.24) is 5.32 Å². The highest BCUT2D eigenvalue weighted by molar-refractivity contribution is 6.42. The van der Waals surface area contributed by atoms with Gasteiger partial charge in [-0.15, -0.1) is 0 Å². The Balaban J connectivity index is 1.54. The van der Waals surface area contributed by atoms with Crippen molar-refractivity contribution in [3.63, 3.8) is 0 Å². The zero-order valence-electron chi connectivity index (χ0n) is 15.6. The lowest BCUT2D eigenvalue weighted by Crippen LogP contribution is -2.27. The van der Waals surface area contributed by atoms with Gasteiger partial charge >= 0.3 is 0 Å². The van der Waals surface area contributed by atoms with Crippen LogP contribution in [0, 0.1) is 0 Å². The minimum Gasteiger partial charge on any atom is -0.508 e. The van der Waals surface area contributed by atoms with Crippen LogP contribution in [0.2, 0.25) is 10.0 Å². The molecule has 2 aromatic carbocycles. The van der Waals surface area contributed by atoms with Gasteiger partial charge in [0, 0.05) is 29.1 Å². The number of phenolic OH excluding ortho intramolecular Hbond substituents is 1. The molecular weight excluding hydrogens is 395 g/mol. The fourth-order valence-electron chi connectivity index (χ4n) is 3.18. The minimum absolute atomic E-state index is 0.0422. The lowest BCUT2D eigenvalue weighted by Gasteiger charge is -2.18. The molecule has 28 heavy (non-hydrogen) atoms. The van der Waals surface area contributed by atoms with Crippen molar-refractivity contribution < 1.29 is 9.90 Å². The van der Waals surface area contributed by atoms with Gasteiger partial charge in [-0.2, -0.15) is 0 Å². The Labute approximate surface area is 175 Å². The number of carbonyl (C=O) groups excluding carboxylic acids is 1. The van der Waals surface area contributed by atoms with E-state index in [1.807, 2.05) is 25.1 Å². The Morgan fingerprint density at radius 1 is 1.18 bits per heavy atom. The molecule has 4 nitrogen and oxygen atoms in total. The quantitative estimate of drug-likeness (QED) is 0.617. The fourth-order valence-corrected chi connectivity index (χ4v) is 3.50. The topological polar surface area (TPSA) is 52.6 Å². The Morgan fingerprint density at radius 3 is 2.57 bits per heavy atom. The monoisotopic (exact) mass is 416 g/mol. The van der Waals surface area contributed by atoms with Crippen LogP contribution < -0.4 is 10.2 Å². The van der Waals surface area contributed by atoms with Crippen LogP contribution in [0.5, 0.6) is 5.75 Å². The summed E-state index contributed by atoms with van der Waals surface area (Å²) in [5.41, 5.74) is 4.25. The number of carbonyl (C=O) groups is 1. The van der Waals surface area contributed by atoms with Gasteiger partial charge in [-0.05, 0) is 61.7 Å². The second-order valence-corrected chi connectivity index (χ2v) is 7.58. The van der Waals surface area contributed by atoms with Crippen LogP contribution in [0.15, 0.2) is 65.9 Å². The first kappa shape index (κ1) is 20.3. The highest BCUT2D eigenvalue weighted by Gasteiger charge is 2.29. The molecule has 1 heterocycles. The van der Waals surface area contributed by atoms with Gasteiger partial charge < -0.3 is 15.3 Å². The third kappa shape index (κ3) is 4.51. The van der Waals surface area contributed by atoms with Crippen molar-refractivity contribution in [3.05, 3.63) is 81.5 Å². The molecule has 146 valence electrons. The van der Waals surface area contributed by atoms with Crippen molar-refractivity contribution in [2.24, 2.45) is 0 Å². The molecule has 0 saturated heterocycles. The van der Waals surface area contributed by atoms with E-state index in [0.29, 0.717) is 22.2 Å². The van der Waals surface area contributed by atoms with Gasteiger partial charge in [0.2, 0.25) is 0 Å². The summed E-state index contributed by atoms with van der Waals surface area (Å²) in [6, 6.07) is 12.3. The van der Waals surface area contributed by atoms with Crippen molar-refractivity contribution in [3.8, 4) is 5.75 Å². The Morgan fingerprint density at radius 2 is 1.89 bits per heavy atom. The summed E-state index contributed by atoms with van der Waals surface area (Å²) in [4.78, 5) is 14.3. The van der Waals surface area contributed by atoms with Gasteiger partial charge in [-0.3, -0.25) is 4.79 Å². The predicted molar refractivity (Wildman–Crippen MR) is 115 cm³/mol. The number of benzene rings is 2. The molecule has 0 unspecified atom stereocenters. The summed E-state index contributed by atoms with van der Waals surface area (Å²) < 4.78 is 0. The van der Waals surface area contributed by atoms with Gasteiger partial charge in [0.25, 0.3) is 5.91 Å². The van der Waals surface area contributed by atoms with Gasteiger partial charge in [0.15, 0.2) is 0 Å². The zero-order chi connectivity index (χ0) is 20.3. The molecule has 0 fully saturated rings. The molecule has 2 N–H and O–H groups in total. The van der Waals surface area contributed by atoms with E-state index in [0.717, 1.165) is 41.9 Å². The van der Waals surface area contributed by atoms with Crippen LogP contribution in [-0.2, 0) is 11.2 Å². The number of aromatic hydroxyl groups is 1. The normalized spacial score (nSPS) is 14.0. The predicted octanol–water partition coefficient (Wildman–Crippen LogP) is 5.10. The Bertz CT molecular complexity index is 936. The number of nitrogens with zero attached hydrogens (tertiary/aromatic N) is 1. The smallest absolute Gasteiger partial charge is 0.254 e. The van der Waals surface area contributed by atoms with Gasteiger partial charge in [0.05, 0.1) is 16.6 Å². The number of hydrogen-bond acceptors (Lipinski definition) is 3. The Hall–Kier alpha value is -2.43. The van der Waals surface area contributed by atoms with Crippen LogP contribution >= 0.6 is 23.2 Å². The van der Waals surface area contributed by atoms with Gasteiger partial charge in [-0.25, -0.2) is 0 Å². The lowest BCUT2D eigenvalue weighted by atomic mass is 10.1. The molecule has 0 atom stereocenters. The number of anilines is 1. The number of phenols is 1. The van der Waals surface area contributed by atoms with Crippen LogP contribution in [0.3, 0.4) is 0 Å². The van der Waals surface area contributed by atoms with E-state index in [2.05, 4.69) is 11.9 Å². The summed E-state index contributed by atoms with van der Waals surface area (Å²) in [6.45, 7) is 7.13. The second-order valence-electron chi connectivity index (χ2n) is 6.77. The SMILES string of the molecule is C=C(NCCCc1ccc(Cl)c(Cl)c1)C1=C(C)C(=O)N(c2ccc(O)cc2)C1. The standard InChI is InChI=1S/C22H22Cl2N2O2/c1-14-19(13-26(22(14)28)17-6-8-18(27)9-7-17)15(2)25-11-3-4-16-5-10-20(23)21(24)12-16/h5-10,12,25,27H,2-4,11,13H2,1H3. The molecule has 0 radical (unpaired) electrons. The molecule has 1 aliphatic heterocycles. The third-order valence-corrected chi connectivity index (χ3v) is 5.56. The van der Waals surface area contributed by atoms with Gasteiger partial charge in [0.1, 0.15) is 5.75 Å². The fraction of sp³-hybridized carbons (Fsp3) is 0.227. The largest absolute Gasteiger partial charge is 0.508 e. The van der Waals surface area contributed by atoms with Crippen LogP contribution in [0.25, 0.3) is 0 Å². The Kier molecular flexibility index (Phi) is 6.32. The van der Waals surface area contributed by atoms with Crippen LogP contribution in [0.4, 0.5) is 5.69 Å². The van der Waals surface area contributed by atoms with E-state index in [4.69, 9.17) is 23.2 Å². The van der Waals surface area contributed by atoms with E-state index >= 15 is 0 Å². The number of aryl methyl sites for hydroxylation is 1. The summed E-state index contributed by atoms with van der Waals surface area (Å²) in [5, 5.41) is 13.9. The number of rotatable bonds is 7. The summed E-state index contributed by atoms with van der Waals surface area (Å²) in [7, 11) is 0. The summed E-state index contributed by atoms with van der Waals surface area (Å²) >= 11 is 12.0. The molecule has 1 amide bonds. The number of amides is 1.